The summed E-state index contributed by atoms with van der Waals surface area (Å²) in [6.45, 7) is 2.27. The van der Waals surface area contributed by atoms with E-state index in [1.54, 1.807) is 47.4 Å². The van der Waals surface area contributed by atoms with E-state index in [4.69, 9.17) is 27.9 Å². The average molecular weight is 379 g/mol. The summed E-state index contributed by atoms with van der Waals surface area (Å²) in [6.07, 6.45) is 0. The number of benzene rings is 2. The van der Waals surface area contributed by atoms with Crippen molar-refractivity contribution in [3.05, 3.63) is 63.6 Å². The predicted octanol–water partition coefficient (Wildman–Crippen LogP) is 3.72. The molecule has 1 aliphatic rings. The first kappa shape index (κ1) is 17.7. The SMILES string of the molecule is O=C(Nc1ccc(Cl)c(Cl)c1)c1ccc(C(=O)N2CCOCC2)cc1. The minimum atomic E-state index is -0.288. The third kappa shape index (κ3) is 4.31. The summed E-state index contributed by atoms with van der Waals surface area (Å²) in [5, 5.41) is 3.53. The third-order valence-corrected chi connectivity index (χ3v) is 4.61. The van der Waals surface area contributed by atoms with Crippen LogP contribution < -0.4 is 5.32 Å². The Morgan fingerprint density at radius 3 is 2.20 bits per heavy atom. The molecule has 25 heavy (non-hydrogen) atoms. The minimum Gasteiger partial charge on any atom is -0.378 e. The number of nitrogens with one attached hydrogen (secondary N) is 1. The number of anilines is 1. The maximum Gasteiger partial charge on any atom is 0.255 e. The van der Waals surface area contributed by atoms with Gasteiger partial charge in [0.15, 0.2) is 0 Å². The maximum atomic E-state index is 12.4. The predicted molar refractivity (Wildman–Crippen MR) is 97.6 cm³/mol. The molecule has 130 valence electrons. The quantitative estimate of drug-likeness (QED) is 0.885. The molecular weight excluding hydrogens is 363 g/mol. The highest BCUT2D eigenvalue weighted by atomic mass is 35.5. The normalized spacial score (nSPS) is 14.2. The van der Waals surface area contributed by atoms with E-state index in [2.05, 4.69) is 5.32 Å². The number of hydrogen-bond donors (Lipinski definition) is 1. The molecule has 1 heterocycles. The molecule has 7 heteroatoms. The zero-order chi connectivity index (χ0) is 17.8. The van der Waals surface area contributed by atoms with Gasteiger partial charge in [-0.1, -0.05) is 23.2 Å². The molecule has 2 aromatic rings. The second kappa shape index (κ2) is 7.87. The first-order valence-electron chi connectivity index (χ1n) is 7.78. The molecule has 2 aromatic carbocycles. The van der Waals surface area contributed by atoms with Gasteiger partial charge < -0.3 is 15.0 Å². The summed E-state index contributed by atoms with van der Waals surface area (Å²) < 4.78 is 5.24. The highest BCUT2D eigenvalue weighted by Gasteiger charge is 2.18. The Labute approximate surface area is 155 Å². The highest BCUT2D eigenvalue weighted by molar-refractivity contribution is 6.42. The van der Waals surface area contributed by atoms with Crippen LogP contribution in [0.3, 0.4) is 0 Å². The molecule has 1 aliphatic heterocycles. The summed E-state index contributed by atoms with van der Waals surface area (Å²) in [6, 6.07) is 11.4. The zero-order valence-electron chi connectivity index (χ0n) is 13.3. The molecule has 0 radical (unpaired) electrons. The summed E-state index contributed by atoms with van der Waals surface area (Å²) >= 11 is 11.8. The molecule has 5 nitrogen and oxygen atoms in total. The lowest BCUT2D eigenvalue weighted by molar-refractivity contribution is 0.0303. The molecule has 0 spiro atoms. The number of nitrogens with zero attached hydrogens (tertiary/aromatic N) is 1. The second-order valence-corrected chi connectivity index (χ2v) is 6.38. The van der Waals surface area contributed by atoms with Crippen LogP contribution in [-0.2, 0) is 4.74 Å². The molecule has 1 N–H and O–H groups in total. The summed E-state index contributed by atoms with van der Waals surface area (Å²) in [7, 11) is 0. The van der Waals surface area contributed by atoms with Crippen LogP contribution in [0.1, 0.15) is 20.7 Å². The number of halogens is 2. The van der Waals surface area contributed by atoms with Crippen LogP contribution in [0, 0.1) is 0 Å². The topological polar surface area (TPSA) is 58.6 Å². The number of carbonyl (C=O) groups excluding carboxylic acids is 2. The summed E-state index contributed by atoms with van der Waals surface area (Å²) in [4.78, 5) is 26.4. The van der Waals surface area contributed by atoms with Crippen molar-refractivity contribution in [3.63, 3.8) is 0 Å². The fourth-order valence-electron chi connectivity index (χ4n) is 2.49. The number of morpholine rings is 1. The molecule has 0 aliphatic carbocycles. The van der Waals surface area contributed by atoms with Crippen molar-refractivity contribution >= 4 is 40.7 Å². The number of ether oxygens (including phenoxy) is 1. The molecule has 1 fully saturated rings. The van der Waals surface area contributed by atoms with Gasteiger partial charge in [-0.2, -0.15) is 0 Å². The fraction of sp³-hybridized carbons (Fsp3) is 0.222. The van der Waals surface area contributed by atoms with Crippen molar-refractivity contribution in [2.24, 2.45) is 0 Å². The van der Waals surface area contributed by atoms with E-state index in [1.807, 2.05) is 0 Å². The molecule has 1 saturated heterocycles. The summed E-state index contributed by atoms with van der Waals surface area (Å²) in [5.74, 6) is -0.344. The van der Waals surface area contributed by atoms with Crippen LogP contribution in [0.2, 0.25) is 10.0 Å². The van der Waals surface area contributed by atoms with Gasteiger partial charge in [0.2, 0.25) is 0 Å². The van der Waals surface area contributed by atoms with Crippen molar-refractivity contribution in [1.29, 1.82) is 0 Å². The third-order valence-electron chi connectivity index (χ3n) is 3.87. The number of carbonyl (C=O) groups is 2. The lowest BCUT2D eigenvalue weighted by Gasteiger charge is -2.26. The number of hydrogen-bond acceptors (Lipinski definition) is 3. The van der Waals surface area contributed by atoms with Crippen LogP contribution in [0.25, 0.3) is 0 Å². The Kier molecular flexibility index (Phi) is 5.58. The summed E-state index contributed by atoms with van der Waals surface area (Å²) in [5.41, 5.74) is 1.55. The molecule has 3 rings (SSSR count). The van der Waals surface area contributed by atoms with Crippen molar-refractivity contribution < 1.29 is 14.3 Å². The number of amides is 2. The molecule has 0 unspecified atom stereocenters. The van der Waals surface area contributed by atoms with Crippen LogP contribution in [0.4, 0.5) is 5.69 Å². The Bertz CT molecular complexity index is 787. The maximum absolute atomic E-state index is 12.4. The minimum absolute atomic E-state index is 0.0558. The van der Waals surface area contributed by atoms with E-state index in [-0.39, 0.29) is 11.8 Å². The van der Waals surface area contributed by atoms with Gasteiger partial charge in [-0.25, -0.2) is 0 Å². The Hall–Kier alpha value is -2.08. The van der Waals surface area contributed by atoms with Crippen molar-refractivity contribution in [2.45, 2.75) is 0 Å². The van der Waals surface area contributed by atoms with Gasteiger partial charge in [0.05, 0.1) is 23.3 Å². The first-order chi connectivity index (χ1) is 12.0. The van der Waals surface area contributed by atoms with E-state index in [1.165, 1.54) is 0 Å². The van der Waals surface area contributed by atoms with E-state index in [0.29, 0.717) is 53.2 Å². The monoisotopic (exact) mass is 378 g/mol. The highest BCUT2D eigenvalue weighted by Crippen LogP contribution is 2.25. The van der Waals surface area contributed by atoms with Gasteiger partial charge in [-0.15, -0.1) is 0 Å². The Balaban J connectivity index is 1.67. The second-order valence-electron chi connectivity index (χ2n) is 5.56. The van der Waals surface area contributed by atoms with E-state index < -0.39 is 0 Å². The van der Waals surface area contributed by atoms with Crippen molar-refractivity contribution in [3.8, 4) is 0 Å². The molecule has 0 bridgehead atoms. The van der Waals surface area contributed by atoms with Gasteiger partial charge in [-0.3, -0.25) is 9.59 Å². The van der Waals surface area contributed by atoms with E-state index in [9.17, 15) is 9.59 Å². The Morgan fingerprint density at radius 2 is 1.56 bits per heavy atom. The molecule has 2 amide bonds. The van der Waals surface area contributed by atoms with Crippen LogP contribution in [-0.4, -0.2) is 43.0 Å². The van der Waals surface area contributed by atoms with Crippen LogP contribution in [0.15, 0.2) is 42.5 Å². The van der Waals surface area contributed by atoms with Crippen LogP contribution >= 0.6 is 23.2 Å². The standard InChI is InChI=1S/C18H16Cl2N2O3/c19-15-6-5-14(11-16(15)20)21-17(23)12-1-3-13(4-2-12)18(24)22-7-9-25-10-8-22/h1-6,11H,7-10H2,(H,21,23). The lowest BCUT2D eigenvalue weighted by Crippen LogP contribution is -2.40. The number of rotatable bonds is 3. The smallest absolute Gasteiger partial charge is 0.255 e. The van der Waals surface area contributed by atoms with E-state index >= 15 is 0 Å². The Morgan fingerprint density at radius 1 is 0.920 bits per heavy atom. The van der Waals surface area contributed by atoms with Gasteiger partial charge in [0, 0.05) is 29.9 Å². The zero-order valence-corrected chi connectivity index (χ0v) is 14.8. The largest absolute Gasteiger partial charge is 0.378 e. The van der Waals surface area contributed by atoms with Crippen molar-refractivity contribution in [2.75, 3.05) is 31.6 Å². The fourth-order valence-corrected chi connectivity index (χ4v) is 2.79. The van der Waals surface area contributed by atoms with Gasteiger partial charge in [-0.05, 0) is 42.5 Å². The molecule has 0 aromatic heterocycles. The average Bonchev–Trinajstić information content (AvgIpc) is 2.65. The van der Waals surface area contributed by atoms with E-state index in [0.717, 1.165) is 0 Å². The van der Waals surface area contributed by atoms with Gasteiger partial charge in [0.25, 0.3) is 11.8 Å². The van der Waals surface area contributed by atoms with Gasteiger partial charge >= 0.3 is 0 Å². The van der Waals surface area contributed by atoms with Crippen LogP contribution in [0.5, 0.6) is 0 Å². The molecule has 0 atom stereocenters. The van der Waals surface area contributed by atoms with Crippen molar-refractivity contribution in [1.82, 2.24) is 4.90 Å². The lowest BCUT2D eigenvalue weighted by atomic mass is 10.1. The molecular formula is C18H16Cl2N2O3. The molecule has 0 saturated carbocycles. The van der Waals surface area contributed by atoms with Gasteiger partial charge in [0.1, 0.15) is 0 Å². The first-order valence-corrected chi connectivity index (χ1v) is 8.53.